The lowest BCUT2D eigenvalue weighted by Gasteiger charge is -2.14. The van der Waals surface area contributed by atoms with Crippen molar-refractivity contribution < 1.29 is 9.59 Å². The van der Waals surface area contributed by atoms with Crippen LogP contribution in [0.15, 0.2) is 54.6 Å². The van der Waals surface area contributed by atoms with Crippen LogP contribution < -0.4 is 0 Å². The zero-order chi connectivity index (χ0) is 17.6. The summed E-state index contributed by atoms with van der Waals surface area (Å²) < 4.78 is 1.71. The van der Waals surface area contributed by atoms with Gasteiger partial charge in [0.05, 0.1) is 0 Å². The molecule has 0 radical (unpaired) electrons. The van der Waals surface area contributed by atoms with E-state index >= 15 is 0 Å². The number of carbonyl (C=O) groups excluding carboxylic acids is 2. The molecule has 1 aromatic heterocycles. The van der Waals surface area contributed by atoms with Gasteiger partial charge in [-0.25, -0.2) is 4.98 Å². The number of fused-ring (bicyclic) bond motifs is 2. The normalized spacial score (nSPS) is 13.6. The van der Waals surface area contributed by atoms with E-state index in [9.17, 15) is 9.59 Å². The molecule has 1 aliphatic rings. The van der Waals surface area contributed by atoms with Gasteiger partial charge in [0.25, 0.3) is 0 Å². The van der Waals surface area contributed by atoms with Crippen molar-refractivity contribution in [3.63, 3.8) is 0 Å². The highest BCUT2D eigenvalue weighted by molar-refractivity contribution is 6.27. The van der Waals surface area contributed by atoms with Crippen molar-refractivity contribution in [2.45, 2.75) is 6.92 Å². The van der Waals surface area contributed by atoms with Gasteiger partial charge in [-0.1, -0.05) is 54.6 Å². The Morgan fingerprint density at radius 1 is 0.920 bits per heavy atom. The lowest BCUT2D eigenvalue weighted by Crippen LogP contribution is -2.22. The molecule has 4 heteroatoms. The Kier molecular flexibility index (Phi) is 3.46. The maximum Gasteiger partial charge on any atom is 0.214 e. The van der Waals surface area contributed by atoms with Crippen LogP contribution in [0.2, 0.25) is 0 Å². The first-order chi connectivity index (χ1) is 12.1. The third-order valence-corrected chi connectivity index (χ3v) is 4.55. The molecule has 0 aliphatic heterocycles. The third-order valence-electron chi connectivity index (χ3n) is 4.55. The SMILES string of the molecule is C/C(=C/c1nc2c(n1C)C(=O)c1ccccc1C2=O)c1ccccc1. The smallest absolute Gasteiger partial charge is 0.214 e. The molecule has 0 atom stereocenters. The van der Waals surface area contributed by atoms with Gasteiger partial charge in [-0.2, -0.15) is 0 Å². The average molecular weight is 328 g/mol. The topological polar surface area (TPSA) is 52.0 Å². The highest BCUT2D eigenvalue weighted by atomic mass is 16.1. The molecule has 1 aliphatic carbocycles. The molecule has 0 unspecified atom stereocenters. The molecule has 0 spiro atoms. The quantitative estimate of drug-likeness (QED) is 0.563. The molecule has 4 rings (SSSR count). The fourth-order valence-electron chi connectivity index (χ4n) is 3.18. The number of rotatable bonds is 2. The minimum Gasteiger partial charge on any atom is -0.324 e. The highest BCUT2D eigenvalue weighted by Gasteiger charge is 2.34. The maximum atomic E-state index is 12.8. The Hall–Kier alpha value is -3.27. The van der Waals surface area contributed by atoms with Gasteiger partial charge in [0.15, 0.2) is 0 Å². The molecule has 0 N–H and O–H groups in total. The first-order valence-corrected chi connectivity index (χ1v) is 8.07. The molecule has 2 aromatic carbocycles. The van der Waals surface area contributed by atoms with Crippen LogP contribution in [0, 0.1) is 0 Å². The van der Waals surface area contributed by atoms with Gasteiger partial charge in [0, 0.05) is 18.2 Å². The van der Waals surface area contributed by atoms with Crippen molar-refractivity contribution in [1.82, 2.24) is 9.55 Å². The third kappa shape index (κ3) is 2.34. The summed E-state index contributed by atoms with van der Waals surface area (Å²) in [5.74, 6) is 0.246. The Labute approximate surface area is 145 Å². The number of carbonyl (C=O) groups is 2. The number of aromatic nitrogens is 2. The van der Waals surface area contributed by atoms with Gasteiger partial charge in [0.1, 0.15) is 17.2 Å². The van der Waals surface area contributed by atoms with E-state index in [2.05, 4.69) is 4.98 Å². The second kappa shape index (κ2) is 5.67. The average Bonchev–Trinajstić information content (AvgIpc) is 2.97. The fraction of sp³-hybridized carbons (Fsp3) is 0.0952. The van der Waals surface area contributed by atoms with Crippen molar-refractivity contribution in [3.8, 4) is 0 Å². The van der Waals surface area contributed by atoms with E-state index in [1.807, 2.05) is 43.3 Å². The first-order valence-electron chi connectivity index (χ1n) is 8.07. The van der Waals surface area contributed by atoms with Gasteiger partial charge in [-0.05, 0) is 24.1 Å². The number of ketones is 2. The van der Waals surface area contributed by atoms with Gasteiger partial charge < -0.3 is 4.57 Å². The fourth-order valence-corrected chi connectivity index (χ4v) is 3.18. The molecule has 1 heterocycles. The van der Waals surface area contributed by atoms with Gasteiger partial charge in [-0.3, -0.25) is 9.59 Å². The lowest BCUT2D eigenvalue weighted by molar-refractivity contribution is 0.0971. The van der Waals surface area contributed by atoms with Gasteiger partial charge in [-0.15, -0.1) is 0 Å². The van der Waals surface area contributed by atoms with Crippen LogP contribution in [-0.4, -0.2) is 21.1 Å². The minimum atomic E-state index is -0.196. The van der Waals surface area contributed by atoms with Crippen molar-refractivity contribution in [2.24, 2.45) is 7.05 Å². The molecule has 4 nitrogen and oxygen atoms in total. The van der Waals surface area contributed by atoms with E-state index in [1.54, 1.807) is 35.9 Å². The summed E-state index contributed by atoms with van der Waals surface area (Å²) in [6.07, 6.45) is 1.90. The van der Waals surface area contributed by atoms with Crippen molar-refractivity contribution in [2.75, 3.05) is 0 Å². The van der Waals surface area contributed by atoms with Crippen molar-refractivity contribution in [3.05, 3.63) is 88.5 Å². The maximum absolute atomic E-state index is 12.8. The van der Waals surface area contributed by atoms with Crippen LogP contribution in [0.1, 0.15) is 50.4 Å². The summed E-state index contributed by atoms with van der Waals surface area (Å²) in [5.41, 5.74) is 3.55. The number of imidazole rings is 1. The van der Waals surface area contributed by atoms with E-state index in [4.69, 9.17) is 0 Å². The number of hydrogen-bond acceptors (Lipinski definition) is 3. The standard InChI is InChI=1S/C21H16N2O2/c1-13(14-8-4-3-5-9-14)12-17-22-18-19(23(17)2)21(25)16-11-7-6-10-15(16)20(18)24/h3-12H,1-2H3/b13-12-. The molecule has 0 bridgehead atoms. The lowest BCUT2D eigenvalue weighted by atomic mass is 9.90. The number of allylic oxidation sites excluding steroid dienone is 1. The molecule has 0 saturated heterocycles. The Bertz CT molecular complexity index is 1040. The monoisotopic (exact) mass is 328 g/mol. The number of hydrogen-bond donors (Lipinski definition) is 0. The van der Waals surface area contributed by atoms with Crippen LogP contribution in [0.25, 0.3) is 11.6 Å². The van der Waals surface area contributed by atoms with Crippen molar-refractivity contribution in [1.29, 1.82) is 0 Å². The van der Waals surface area contributed by atoms with Crippen LogP contribution in [0.5, 0.6) is 0 Å². The number of nitrogens with zero attached hydrogens (tertiary/aromatic N) is 2. The van der Waals surface area contributed by atoms with Crippen molar-refractivity contribution >= 4 is 23.2 Å². The molecule has 3 aromatic rings. The van der Waals surface area contributed by atoms with E-state index in [-0.39, 0.29) is 17.3 Å². The summed E-state index contributed by atoms with van der Waals surface area (Å²) in [7, 11) is 1.77. The zero-order valence-electron chi connectivity index (χ0n) is 14.0. The Morgan fingerprint density at radius 2 is 1.52 bits per heavy atom. The van der Waals surface area contributed by atoms with Gasteiger partial charge in [0.2, 0.25) is 11.6 Å². The Balaban J connectivity index is 1.85. The molecular weight excluding hydrogens is 312 g/mol. The summed E-state index contributed by atoms with van der Waals surface area (Å²) in [4.78, 5) is 30.0. The predicted octanol–water partition coefficient (Wildman–Crippen LogP) is 3.76. The largest absolute Gasteiger partial charge is 0.324 e. The second-order valence-corrected chi connectivity index (χ2v) is 6.12. The minimum absolute atomic E-state index is 0.155. The van der Waals surface area contributed by atoms with E-state index in [1.165, 1.54) is 0 Å². The second-order valence-electron chi connectivity index (χ2n) is 6.12. The molecule has 0 saturated carbocycles. The zero-order valence-corrected chi connectivity index (χ0v) is 14.0. The Morgan fingerprint density at radius 3 is 2.20 bits per heavy atom. The van der Waals surface area contributed by atoms with Crippen LogP contribution in [0.4, 0.5) is 0 Å². The molecular formula is C21H16N2O2. The van der Waals surface area contributed by atoms with E-state index < -0.39 is 0 Å². The summed E-state index contributed by atoms with van der Waals surface area (Å²) >= 11 is 0. The van der Waals surface area contributed by atoms with E-state index in [0.29, 0.717) is 22.6 Å². The number of benzene rings is 2. The van der Waals surface area contributed by atoms with Crippen LogP contribution in [-0.2, 0) is 7.05 Å². The summed E-state index contributed by atoms with van der Waals surface area (Å²) in [6, 6.07) is 16.8. The summed E-state index contributed by atoms with van der Waals surface area (Å²) in [6.45, 7) is 1.99. The first kappa shape index (κ1) is 15.3. The van der Waals surface area contributed by atoms with Gasteiger partial charge >= 0.3 is 0 Å². The molecule has 0 amide bonds. The van der Waals surface area contributed by atoms with Crippen LogP contribution in [0.3, 0.4) is 0 Å². The summed E-state index contributed by atoms with van der Waals surface area (Å²) in [5, 5.41) is 0. The predicted molar refractivity (Wildman–Crippen MR) is 96.5 cm³/mol. The molecule has 25 heavy (non-hydrogen) atoms. The molecule has 0 fully saturated rings. The molecule has 122 valence electrons. The van der Waals surface area contributed by atoms with Crippen LogP contribution >= 0.6 is 0 Å². The highest BCUT2D eigenvalue weighted by Crippen LogP contribution is 2.28. The van der Waals surface area contributed by atoms with E-state index in [0.717, 1.165) is 11.1 Å².